The van der Waals surface area contributed by atoms with E-state index in [4.69, 9.17) is 0 Å². The summed E-state index contributed by atoms with van der Waals surface area (Å²) < 4.78 is 16.2. The predicted molar refractivity (Wildman–Crippen MR) is 94.7 cm³/mol. The molecule has 25 heavy (non-hydrogen) atoms. The third-order valence-electron chi connectivity index (χ3n) is 4.21. The van der Waals surface area contributed by atoms with Gasteiger partial charge < -0.3 is 5.32 Å². The average molecular weight is 341 g/mol. The SMILES string of the molecule is CCn1c(=O)n(CCC(=O)NCc2ccc(F)cc2)c2ccccc21. The summed E-state index contributed by atoms with van der Waals surface area (Å²) in [6.45, 7) is 3.17. The first kappa shape index (κ1) is 17.0. The van der Waals surface area contributed by atoms with Gasteiger partial charge in [-0.15, -0.1) is 0 Å². The van der Waals surface area contributed by atoms with Gasteiger partial charge in [0.1, 0.15) is 5.82 Å². The van der Waals surface area contributed by atoms with Gasteiger partial charge in [0.05, 0.1) is 11.0 Å². The number of carbonyl (C=O) groups excluding carboxylic acids is 1. The Labute approximate surface area is 144 Å². The van der Waals surface area contributed by atoms with Crippen molar-refractivity contribution in [3.05, 3.63) is 70.4 Å². The van der Waals surface area contributed by atoms with Crippen molar-refractivity contribution in [2.45, 2.75) is 33.0 Å². The average Bonchev–Trinajstić information content (AvgIpc) is 2.90. The number of fused-ring (bicyclic) bond motifs is 1. The molecule has 0 saturated heterocycles. The van der Waals surface area contributed by atoms with Gasteiger partial charge in [-0.25, -0.2) is 9.18 Å². The van der Waals surface area contributed by atoms with Crippen LogP contribution in [0.3, 0.4) is 0 Å². The number of halogens is 1. The van der Waals surface area contributed by atoms with E-state index in [1.807, 2.05) is 31.2 Å². The minimum Gasteiger partial charge on any atom is -0.352 e. The third kappa shape index (κ3) is 3.63. The number of hydrogen-bond donors (Lipinski definition) is 1. The zero-order chi connectivity index (χ0) is 17.8. The molecule has 3 rings (SSSR count). The lowest BCUT2D eigenvalue weighted by Gasteiger charge is -2.06. The van der Waals surface area contributed by atoms with Crippen LogP contribution in [-0.4, -0.2) is 15.0 Å². The highest BCUT2D eigenvalue weighted by Crippen LogP contribution is 2.13. The van der Waals surface area contributed by atoms with Gasteiger partial charge in [-0.2, -0.15) is 0 Å². The van der Waals surface area contributed by atoms with Crippen LogP contribution in [0.2, 0.25) is 0 Å². The molecule has 0 fully saturated rings. The molecule has 0 unspecified atom stereocenters. The van der Waals surface area contributed by atoms with Crippen molar-refractivity contribution in [3.8, 4) is 0 Å². The molecule has 5 nitrogen and oxygen atoms in total. The fourth-order valence-electron chi connectivity index (χ4n) is 2.90. The molecular weight excluding hydrogens is 321 g/mol. The lowest BCUT2D eigenvalue weighted by atomic mass is 10.2. The Morgan fingerprint density at radius 2 is 1.68 bits per heavy atom. The number of hydrogen-bond acceptors (Lipinski definition) is 2. The molecule has 0 spiro atoms. The number of para-hydroxylation sites is 2. The predicted octanol–water partition coefficient (Wildman–Crippen LogP) is 2.67. The number of amides is 1. The number of benzene rings is 2. The van der Waals surface area contributed by atoms with E-state index < -0.39 is 0 Å². The second-order valence-corrected chi connectivity index (χ2v) is 5.82. The van der Waals surface area contributed by atoms with Crippen molar-refractivity contribution in [1.29, 1.82) is 0 Å². The summed E-state index contributed by atoms with van der Waals surface area (Å²) in [4.78, 5) is 24.6. The molecule has 6 heteroatoms. The van der Waals surface area contributed by atoms with Crippen LogP contribution in [-0.2, 0) is 24.4 Å². The van der Waals surface area contributed by atoms with E-state index in [0.717, 1.165) is 16.6 Å². The normalized spacial score (nSPS) is 11.0. The molecule has 0 bridgehead atoms. The van der Waals surface area contributed by atoms with Gasteiger partial charge in [0.15, 0.2) is 0 Å². The van der Waals surface area contributed by atoms with Crippen LogP contribution in [0.5, 0.6) is 0 Å². The molecule has 2 aromatic carbocycles. The summed E-state index contributed by atoms with van der Waals surface area (Å²) in [6, 6.07) is 13.6. The zero-order valence-electron chi connectivity index (χ0n) is 14.0. The molecule has 0 aliphatic carbocycles. The Bertz CT molecular complexity index is 941. The number of rotatable bonds is 6. The molecule has 1 N–H and O–H groups in total. The van der Waals surface area contributed by atoms with Gasteiger partial charge in [-0.3, -0.25) is 13.9 Å². The van der Waals surface area contributed by atoms with Crippen LogP contribution in [0.15, 0.2) is 53.3 Å². The molecule has 0 aliphatic rings. The van der Waals surface area contributed by atoms with E-state index in [2.05, 4.69) is 5.32 Å². The molecule has 0 atom stereocenters. The minimum absolute atomic E-state index is 0.102. The number of aromatic nitrogens is 2. The number of nitrogens with zero attached hydrogens (tertiary/aromatic N) is 2. The molecule has 1 aromatic heterocycles. The van der Waals surface area contributed by atoms with Crippen molar-refractivity contribution in [2.75, 3.05) is 0 Å². The summed E-state index contributed by atoms with van der Waals surface area (Å²) >= 11 is 0. The lowest BCUT2D eigenvalue weighted by Crippen LogP contribution is -2.28. The number of nitrogens with one attached hydrogen (secondary N) is 1. The first-order valence-corrected chi connectivity index (χ1v) is 8.29. The Balaban J connectivity index is 1.66. The molecular formula is C19H20FN3O2. The van der Waals surface area contributed by atoms with Gasteiger partial charge in [-0.05, 0) is 36.8 Å². The largest absolute Gasteiger partial charge is 0.352 e. The van der Waals surface area contributed by atoms with Gasteiger partial charge in [-0.1, -0.05) is 24.3 Å². The van der Waals surface area contributed by atoms with Crippen LogP contribution >= 0.6 is 0 Å². The minimum atomic E-state index is -0.304. The standard InChI is InChI=1S/C19H20FN3O2/c1-2-22-16-5-3-4-6-17(16)23(19(22)25)12-11-18(24)21-13-14-7-9-15(20)10-8-14/h3-10H,2,11-13H2,1H3,(H,21,24). The smallest absolute Gasteiger partial charge is 0.329 e. The van der Waals surface area contributed by atoms with Gasteiger partial charge in [0, 0.05) is 26.1 Å². The highest BCUT2D eigenvalue weighted by atomic mass is 19.1. The molecule has 1 heterocycles. The summed E-state index contributed by atoms with van der Waals surface area (Å²) in [5.74, 6) is -0.452. The maximum absolute atomic E-state index is 12.9. The first-order chi connectivity index (χ1) is 12.1. The lowest BCUT2D eigenvalue weighted by molar-refractivity contribution is -0.121. The van der Waals surface area contributed by atoms with Crippen LogP contribution in [0, 0.1) is 5.82 Å². The Kier molecular flexibility index (Phi) is 4.97. The molecule has 1 amide bonds. The quantitative estimate of drug-likeness (QED) is 0.749. The van der Waals surface area contributed by atoms with Crippen LogP contribution in [0.1, 0.15) is 18.9 Å². The highest BCUT2D eigenvalue weighted by molar-refractivity contribution is 5.78. The van der Waals surface area contributed by atoms with Gasteiger partial charge >= 0.3 is 5.69 Å². The van der Waals surface area contributed by atoms with Crippen LogP contribution < -0.4 is 11.0 Å². The second kappa shape index (κ2) is 7.34. The molecule has 130 valence electrons. The van der Waals surface area contributed by atoms with E-state index >= 15 is 0 Å². The fraction of sp³-hybridized carbons (Fsp3) is 0.263. The third-order valence-corrected chi connectivity index (χ3v) is 4.21. The van der Waals surface area contributed by atoms with Crippen LogP contribution in [0.25, 0.3) is 11.0 Å². The number of aryl methyl sites for hydroxylation is 2. The second-order valence-electron chi connectivity index (χ2n) is 5.82. The van der Waals surface area contributed by atoms with Crippen molar-refractivity contribution in [2.24, 2.45) is 0 Å². The molecule has 3 aromatic rings. The Hall–Kier alpha value is -2.89. The highest BCUT2D eigenvalue weighted by Gasteiger charge is 2.12. The fourth-order valence-corrected chi connectivity index (χ4v) is 2.90. The Morgan fingerprint density at radius 1 is 1.04 bits per heavy atom. The van der Waals surface area contributed by atoms with E-state index in [-0.39, 0.29) is 23.8 Å². The maximum atomic E-state index is 12.9. The van der Waals surface area contributed by atoms with E-state index in [9.17, 15) is 14.0 Å². The van der Waals surface area contributed by atoms with E-state index in [0.29, 0.717) is 19.6 Å². The Morgan fingerprint density at radius 3 is 2.32 bits per heavy atom. The van der Waals surface area contributed by atoms with Crippen molar-refractivity contribution >= 4 is 16.9 Å². The summed E-state index contributed by atoms with van der Waals surface area (Å²) in [7, 11) is 0. The molecule has 0 radical (unpaired) electrons. The van der Waals surface area contributed by atoms with Gasteiger partial charge in [0.25, 0.3) is 0 Å². The molecule has 0 saturated carbocycles. The van der Waals surface area contributed by atoms with E-state index in [1.54, 1.807) is 21.3 Å². The topological polar surface area (TPSA) is 56.0 Å². The zero-order valence-corrected chi connectivity index (χ0v) is 14.0. The molecule has 0 aliphatic heterocycles. The first-order valence-electron chi connectivity index (χ1n) is 8.29. The number of carbonyl (C=O) groups is 1. The van der Waals surface area contributed by atoms with E-state index in [1.165, 1.54) is 12.1 Å². The van der Waals surface area contributed by atoms with Crippen LogP contribution in [0.4, 0.5) is 4.39 Å². The van der Waals surface area contributed by atoms with Gasteiger partial charge in [0.2, 0.25) is 5.91 Å². The summed E-state index contributed by atoms with van der Waals surface area (Å²) in [5.41, 5.74) is 2.44. The van der Waals surface area contributed by atoms with Crippen molar-refractivity contribution in [1.82, 2.24) is 14.5 Å². The monoisotopic (exact) mass is 341 g/mol. The maximum Gasteiger partial charge on any atom is 0.329 e. The summed E-state index contributed by atoms with van der Waals surface area (Å²) in [6.07, 6.45) is 0.207. The van der Waals surface area contributed by atoms with Crippen molar-refractivity contribution in [3.63, 3.8) is 0 Å². The summed E-state index contributed by atoms with van der Waals surface area (Å²) in [5, 5.41) is 2.79. The van der Waals surface area contributed by atoms with Crippen molar-refractivity contribution < 1.29 is 9.18 Å². The number of imidazole rings is 1.